The van der Waals surface area contributed by atoms with Gasteiger partial charge in [0.2, 0.25) is 5.91 Å². The van der Waals surface area contributed by atoms with Crippen LogP contribution in [0.1, 0.15) is 59.2 Å². The number of nitrogens with two attached hydrogens (primary N) is 3. The Morgan fingerprint density at radius 3 is 2.00 bits per heavy atom. The van der Waals surface area contributed by atoms with Crippen LogP contribution in [0.5, 0.6) is 11.5 Å². The number of carbonyl (C=O) groups is 4. The number of benzene rings is 2. The third-order valence-corrected chi connectivity index (χ3v) is 6.20. The summed E-state index contributed by atoms with van der Waals surface area (Å²) in [6, 6.07) is 7.62. The molecule has 0 bridgehead atoms. The van der Waals surface area contributed by atoms with E-state index in [0.29, 0.717) is 68.6 Å². The average molecular weight is 557 g/mol. The van der Waals surface area contributed by atoms with E-state index in [2.05, 4.69) is 16.0 Å². The van der Waals surface area contributed by atoms with Gasteiger partial charge in [-0.05, 0) is 88.0 Å². The lowest BCUT2D eigenvalue weighted by molar-refractivity contribution is -0.118. The highest BCUT2D eigenvalue weighted by atomic mass is 16.5. The fraction of sp³-hybridized carbons (Fsp3) is 0.429. The minimum absolute atomic E-state index is 0.138. The number of amides is 3. The van der Waals surface area contributed by atoms with Crippen LogP contribution in [0.25, 0.3) is 0 Å². The lowest BCUT2D eigenvalue weighted by atomic mass is 10.1. The maximum atomic E-state index is 13.3. The van der Waals surface area contributed by atoms with E-state index in [1.165, 1.54) is 32.4 Å². The number of carbonyl (C=O) groups excluding carboxylic acids is 4. The SMILES string of the molecule is COc1ccc(NC(=O)C(CCCCN)NC(=O)c2cc(N)ccc2OC)cc1C(=O)NC(C=O)CCCCN. The Hall–Kier alpha value is -4.16. The summed E-state index contributed by atoms with van der Waals surface area (Å²) in [4.78, 5) is 50.8. The van der Waals surface area contributed by atoms with Gasteiger partial charge in [-0.3, -0.25) is 14.4 Å². The first-order chi connectivity index (χ1) is 19.3. The normalized spacial score (nSPS) is 12.1. The lowest BCUT2D eigenvalue weighted by Gasteiger charge is -2.20. The number of hydrogen-bond acceptors (Lipinski definition) is 9. The van der Waals surface area contributed by atoms with E-state index in [1.807, 2.05) is 0 Å². The van der Waals surface area contributed by atoms with E-state index in [0.717, 1.165) is 6.42 Å². The van der Waals surface area contributed by atoms with E-state index in [1.54, 1.807) is 18.2 Å². The number of anilines is 2. The van der Waals surface area contributed by atoms with Gasteiger partial charge in [0, 0.05) is 11.4 Å². The number of unbranched alkanes of at least 4 members (excludes halogenated alkanes) is 2. The van der Waals surface area contributed by atoms with Crippen molar-refractivity contribution in [2.75, 3.05) is 38.4 Å². The zero-order valence-electron chi connectivity index (χ0n) is 23.0. The maximum Gasteiger partial charge on any atom is 0.255 e. The van der Waals surface area contributed by atoms with Crippen LogP contribution >= 0.6 is 0 Å². The van der Waals surface area contributed by atoms with Crippen molar-refractivity contribution in [2.45, 2.75) is 50.6 Å². The Balaban J connectivity index is 2.23. The van der Waals surface area contributed by atoms with Crippen LogP contribution in [0, 0.1) is 0 Å². The van der Waals surface area contributed by atoms with Gasteiger partial charge in [-0.2, -0.15) is 0 Å². The molecule has 0 aliphatic rings. The quantitative estimate of drug-likeness (QED) is 0.0950. The van der Waals surface area contributed by atoms with E-state index < -0.39 is 29.8 Å². The Kier molecular flexibility index (Phi) is 13.4. The zero-order chi connectivity index (χ0) is 29.5. The predicted molar refractivity (Wildman–Crippen MR) is 153 cm³/mol. The Labute approximate surface area is 234 Å². The van der Waals surface area contributed by atoms with Gasteiger partial charge in [0.15, 0.2) is 0 Å². The zero-order valence-corrected chi connectivity index (χ0v) is 23.0. The van der Waals surface area contributed by atoms with Gasteiger partial charge in [-0.25, -0.2) is 0 Å². The molecule has 2 aromatic rings. The van der Waals surface area contributed by atoms with Crippen LogP contribution in [0.2, 0.25) is 0 Å². The molecule has 40 heavy (non-hydrogen) atoms. The maximum absolute atomic E-state index is 13.3. The van der Waals surface area contributed by atoms with Crippen molar-refractivity contribution in [3.8, 4) is 11.5 Å². The molecule has 0 radical (unpaired) electrons. The number of aldehydes is 1. The van der Waals surface area contributed by atoms with Crippen LogP contribution in [-0.4, -0.2) is 63.4 Å². The Bertz CT molecular complexity index is 1160. The third kappa shape index (κ3) is 9.54. The molecule has 0 fully saturated rings. The first-order valence-corrected chi connectivity index (χ1v) is 13.2. The van der Waals surface area contributed by atoms with Crippen LogP contribution in [0.3, 0.4) is 0 Å². The van der Waals surface area contributed by atoms with Crippen molar-refractivity contribution in [2.24, 2.45) is 11.5 Å². The molecule has 9 N–H and O–H groups in total. The summed E-state index contributed by atoms with van der Waals surface area (Å²) in [5.41, 5.74) is 18.0. The smallest absolute Gasteiger partial charge is 0.255 e. The Morgan fingerprint density at radius 1 is 0.825 bits per heavy atom. The first kappa shape index (κ1) is 32.1. The second-order valence-electron chi connectivity index (χ2n) is 9.18. The molecule has 0 saturated carbocycles. The van der Waals surface area contributed by atoms with Crippen molar-refractivity contribution in [3.05, 3.63) is 47.5 Å². The number of ether oxygens (including phenoxy) is 2. The summed E-state index contributed by atoms with van der Waals surface area (Å²) in [5, 5.41) is 8.20. The molecule has 218 valence electrons. The fourth-order valence-electron chi connectivity index (χ4n) is 4.02. The van der Waals surface area contributed by atoms with Gasteiger partial charge in [0.05, 0.1) is 31.4 Å². The first-order valence-electron chi connectivity index (χ1n) is 13.2. The summed E-state index contributed by atoms with van der Waals surface area (Å²) in [6.45, 7) is 0.937. The molecule has 12 heteroatoms. The standard InChI is InChI=1S/C28H40N6O6/c1-39-24-11-9-18(31)15-21(24)27(37)34-23(8-4-6-14-30)28(38)32-19-10-12-25(40-2)22(16-19)26(36)33-20(17-35)7-3-5-13-29/h9-12,15-17,20,23H,3-8,13-14,29-31H2,1-2H3,(H,32,38)(H,33,36)(H,34,37). The van der Waals surface area contributed by atoms with Crippen LogP contribution in [-0.2, 0) is 9.59 Å². The second kappa shape index (κ2) is 16.7. The predicted octanol–water partition coefficient (Wildman–Crippen LogP) is 1.58. The molecule has 3 amide bonds. The van der Waals surface area contributed by atoms with Gasteiger partial charge < -0.3 is 47.4 Å². The van der Waals surface area contributed by atoms with Crippen molar-refractivity contribution in [1.82, 2.24) is 10.6 Å². The number of hydrogen-bond donors (Lipinski definition) is 6. The third-order valence-electron chi connectivity index (χ3n) is 6.20. The van der Waals surface area contributed by atoms with Crippen LogP contribution < -0.4 is 42.6 Å². The molecule has 0 aromatic heterocycles. The molecule has 2 atom stereocenters. The molecule has 0 aliphatic carbocycles. The Morgan fingerprint density at radius 2 is 1.40 bits per heavy atom. The molecule has 0 saturated heterocycles. The monoisotopic (exact) mass is 556 g/mol. The van der Waals surface area contributed by atoms with Crippen molar-refractivity contribution < 1.29 is 28.7 Å². The minimum Gasteiger partial charge on any atom is -0.496 e. The highest BCUT2D eigenvalue weighted by molar-refractivity contribution is 6.04. The highest BCUT2D eigenvalue weighted by Crippen LogP contribution is 2.24. The van der Waals surface area contributed by atoms with Crippen molar-refractivity contribution >= 4 is 35.4 Å². The molecule has 12 nitrogen and oxygen atoms in total. The minimum atomic E-state index is -0.911. The van der Waals surface area contributed by atoms with Gasteiger partial charge in [-0.1, -0.05) is 0 Å². The molecular formula is C28H40N6O6. The summed E-state index contributed by atoms with van der Waals surface area (Å²) >= 11 is 0. The summed E-state index contributed by atoms with van der Waals surface area (Å²) < 4.78 is 10.6. The number of rotatable bonds is 17. The molecule has 2 rings (SSSR count). The highest BCUT2D eigenvalue weighted by Gasteiger charge is 2.24. The van der Waals surface area contributed by atoms with Crippen molar-refractivity contribution in [3.63, 3.8) is 0 Å². The van der Waals surface area contributed by atoms with Gasteiger partial charge in [0.1, 0.15) is 23.8 Å². The molecule has 0 heterocycles. The molecule has 0 aliphatic heterocycles. The second-order valence-corrected chi connectivity index (χ2v) is 9.18. The van der Waals surface area contributed by atoms with Crippen molar-refractivity contribution in [1.29, 1.82) is 0 Å². The van der Waals surface area contributed by atoms with Crippen LogP contribution in [0.4, 0.5) is 11.4 Å². The number of methoxy groups -OCH3 is 2. The van der Waals surface area contributed by atoms with Gasteiger partial charge in [0.25, 0.3) is 11.8 Å². The summed E-state index contributed by atoms with van der Waals surface area (Å²) in [6.07, 6.45) is 4.13. The lowest BCUT2D eigenvalue weighted by Crippen LogP contribution is -2.44. The van der Waals surface area contributed by atoms with Gasteiger partial charge in [-0.15, -0.1) is 0 Å². The van der Waals surface area contributed by atoms with E-state index >= 15 is 0 Å². The summed E-state index contributed by atoms with van der Waals surface area (Å²) in [5.74, 6) is -0.961. The largest absolute Gasteiger partial charge is 0.496 e. The van der Waals surface area contributed by atoms with Gasteiger partial charge >= 0.3 is 0 Å². The number of nitrogens with one attached hydrogen (secondary N) is 3. The topological polar surface area (TPSA) is 201 Å². The number of nitrogen functional groups attached to an aromatic ring is 1. The summed E-state index contributed by atoms with van der Waals surface area (Å²) in [7, 11) is 2.85. The van der Waals surface area contributed by atoms with E-state index in [4.69, 9.17) is 26.7 Å². The van der Waals surface area contributed by atoms with E-state index in [9.17, 15) is 19.2 Å². The fourth-order valence-corrected chi connectivity index (χ4v) is 4.02. The molecule has 2 unspecified atom stereocenters. The molecular weight excluding hydrogens is 516 g/mol. The molecule has 2 aromatic carbocycles. The van der Waals surface area contributed by atoms with Crippen LogP contribution in [0.15, 0.2) is 36.4 Å². The average Bonchev–Trinajstić information content (AvgIpc) is 2.95. The molecule has 0 spiro atoms. The van der Waals surface area contributed by atoms with E-state index in [-0.39, 0.29) is 16.9 Å².